The Morgan fingerprint density at radius 2 is 1.62 bits per heavy atom. The first-order chi connectivity index (χ1) is 14.1. The first kappa shape index (κ1) is 19.6. The van der Waals surface area contributed by atoms with E-state index in [-0.39, 0.29) is 13.2 Å². The van der Waals surface area contributed by atoms with Crippen LogP contribution in [0.4, 0.5) is 0 Å². The van der Waals surface area contributed by atoms with Crippen molar-refractivity contribution in [3.63, 3.8) is 0 Å². The molecule has 152 valence electrons. The van der Waals surface area contributed by atoms with E-state index in [4.69, 9.17) is 9.15 Å². The third-order valence-corrected chi connectivity index (χ3v) is 5.37. The highest BCUT2D eigenvalue weighted by atomic mass is 16.5. The number of aromatic nitrogens is 1. The van der Waals surface area contributed by atoms with E-state index in [2.05, 4.69) is 10.7 Å². The second-order valence-corrected chi connectivity index (χ2v) is 7.93. The van der Waals surface area contributed by atoms with Gasteiger partial charge in [0, 0.05) is 17.9 Å². The maximum absolute atomic E-state index is 9.34. The number of quaternary nitrogens is 1. The number of rotatable bonds is 9. The summed E-state index contributed by atoms with van der Waals surface area (Å²) < 4.78 is 11.5. The first-order valence-corrected chi connectivity index (χ1v) is 9.98. The van der Waals surface area contributed by atoms with Gasteiger partial charge in [-0.15, -0.1) is 0 Å². The van der Waals surface area contributed by atoms with E-state index in [1.165, 1.54) is 12.8 Å². The van der Waals surface area contributed by atoms with E-state index in [0.717, 1.165) is 40.6 Å². The fourth-order valence-corrected chi connectivity index (χ4v) is 3.11. The molecule has 1 heterocycles. The van der Waals surface area contributed by atoms with Crippen LogP contribution in [0.25, 0.3) is 11.3 Å². The van der Waals surface area contributed by atoms with Gasteiger partial charge in [-0.25, -0.2) is 4.98 Å². The molecule has 0 radical (unpaired) electrons. The fraction of sp³-hybridized carbons (Fsp3) is 0.348. The van der Waals surface area contributed by atoms with Crippen LogP contribution in [0.5, 0.6) is 11.5 Å². The van der Waals surface area contributed by atoms with Crippen LogP contribution >= 0.6 is 0 Å². The lowest BCUT2D eigenvalue weighted by atomic mass is 9.94. The highest BCUT2D eigenvalue weighted by Gasteiger charge is 2.28. The SMILES string of the molecule is [NH3+]C(CO)(CO)CCc1ccc(Oc2ccc(-c3coc(C4CC4)n3)cc2)cc1. The number of aliphatic hydroxyl groups is 2. The van der Waals surface area contributed by atoms with Gasteiger partial charge in [0.15, 0.2) is 5.89 Å². The van der Waals surface area contributed by atoms with Crippen LogP contribution in [0.1, 0.15) is 36.6 Å². The number of benzene rings is 2. The Kier molecular flexibility index (Phi) is 5.67. The highest BCUT2D eigenvalue weighted by molar-refractivity contribution is 5.59. The second kappa shape index (κ2) is 8.37. The van der Waals surface area contributed by atoms with Gasteiger partial charge in [0.1, 0.15) is 42.2 Å². The quantitative estimate of drug-likeness (QED) is 0.517. The van der Waals surface area contributed by atoms with Gasteiger partial charge in [0.25, 0.3) is 0 Å². The molecule has 1 aliphatic rings. The summed E-state index contributed by atoms with van der Waals surface area (Å²) in [4.78, 5) is 4.57. The normalized spacial score (nSPS) is 14.2. The minimum absolute atomic E-state index is 0.128. The summed E-state index contributed by atoms with van der Waals surface area (Å²) in [7, 11) is 0. The molecule has 4 rings (SSSR count). The lowest BCUT2D eigenvalue weighted by Crippen LogP contribution is -2.76. The van der Waals surface area contributed by atoms with E-state index in [0.29, 0.717) is 12.3 Å². The van der Waals surface area contributed by atoms with Crippen molar-refractivity contribution in [3.05, 3.63) is 66.2 Å². The maximum atomic E-state index is 9.34. The van der Waals surface area contributed by atoms with Crippen LogP contribution in [-0.2, 0) is 6.42 Å². The zero-order valence-electron chi connectivity index (χ0n) is 16.4. The third kappa shape index (κ3) is 4.85. The van der Waals surface area contributed by atoms with Crippen LogP contribution in [0.3, 0.4) is 0 Å². The molecule has 6 nitrogen and oxygen atoms in total. The molecular formula is C23H27N2O4+. The van der Waals surface area contributed by atoms with Crippen molar-refractivity contribution in [1.82, 2.24) is 4.98 Å². The van der Waals surface area contributed by atoms with E-state index in [1.54, 1.807) is 6.26 Å². The van der Waals surface area contributed by atoms with Gasteiger partial charge in [0.2, 0.25) is 0 Å². The predicted octanol–water partition coefficient (Wildman–Crippen LogP) is 2.91. The van der Waals surface area contributed by atoms with Gasteiger partial charge in [-0.1, -0.05) is 12.1 Å². The standard InChI is InChI=1S/C23H26N2O4/c24-23(14-26,15-27)12-11-16-1-7-19(8-2-16)29-20-9-5-17(6-10-20)21-13-28-22(25-21)18-3-4-18/h1-2,5-10,13,18,26-27H,3-4,11-12,14-15,24H2/p+1. The molecule has 0 amide bonds. The van der Waals surface area contributed by atoms with Crippen LogP contribution in [0, 0.1) is 0 Å². The van der Waals surface area contributed by atoms with Gasteiger partial charge in [0.05, 0.1) is 0 Å². The topological polar surface area (TPSA) is 103 Å². The summed E-state index contributed by atoms with van der Waals surface area (Å²) in [6.07, 6.45) is 5.41. The van der Waals surface area contributed by atoms with E-state index in [9.17, 15) is 10.2 Å². The van der Waals surface area contributed by atoms with Gasteiger partial charge >= 0.3 is 0 Å². The number of oxazole rings is 1. The van der Waals surface area contributed by atoms with Crippen molar-refractivity contribution in [1.29, 1.82) is 0 Å². The summed E-state index contributed by atoms with van der Waals surface area (Å²) in [5.41, 5.74) is 6.18. The lowest BCUT2D eigenvalue weighted by molar-refractivity contribution is -0.491. The van der Waals surface area contributed by atoms with E-state index < -0.39 is 5.54 Å². The van der Waals surface area contributed by atoms with Crippen molar-refractivity contribution in [2.24, 2.45) is 0 Å². The minimum Gasteiger partial charge on any atom is -0.457 e. The highest BCUT2D eigenvalue weighted by Crippen LogP contribution is 2.40. The summed E-state index contributed by atoms with van der Waals surface area (Å²) in [6, 6.07) is 15.6. The smallest absolute Gasteiger partial charge is 0.197 e. The number of aryl methyl sites for hydroxylation is 1. The van der Waals surface area contributed by atoms with Crippen LogP contribution < -0.4 is 10.5 Å². The maximum Gasteiger partial charge on any atom is 0.197 e. The molecule has 0 unspecified atom stereocenters. The summed E-state index contributed by atoms with van der Waals surface area (Å²) in [5.74, 6) is 2.86. The molecule has 2 aromatic carbocycles. The molecule has 1 fully saturated rings. The number of ether oxygens (including phenoxy) is 1. The minimum atomic E-state index is -0.694. The summed E-state index contributed by atoms with van der Waals surface area (Å²) in [6.45, 7) is -0.256. The average molecular weight is 395 g/mol. The fourth-order valence-electron chi connectivity index (χ4n) is 3.11. The average Bonchev–Trinajstić information content (AvgIpc) is 3.50. The molecule has 1 aliphatic carbocycles. The molecule has 1 saturated carbocycles. The van der Waals surface area contributed by atoms with Crippen LogP contribution in [0.15, 0.2) is 59.2 Å². The third-order valence-electron chi connectivity index (χ3n) is 5.37. The summed E-state index contributed by atoms with van der Waals surface area (Å²) >= 11 is 0. The molecule has 0 atom stereocenters. The molecule has 0 spiro atoms. The molecule has 1 aromatic heterocycles. The van der Waals surface area contributed by atoms with E-state index >= 15 is 0 Å². The molecule has 5 N–H and O–H groups in total. The monoisotopic (exact) mass is 395 g/mol. The van der Waals surface area contributed by atoms with E-state index in [1.807, 2.05) is 48.5 Å². The Bertz CT molecular complexity index is 926. The Morgan fingerprint density at radius 3 is 2.21 bits per heavy atom. The van der Waals surface area contributed by atoms with Crippen molar-refractivity contribution in [2.45, 2.75) is 37.1 Å². The zero-order chi connectivity index (χ0) is 20.3. The largest absolute Gasteiger partial charge is 0.457 e. The van der Waals surface area contributed by atoms with Gasteiger partial charge in [-0.05, 0) is 61.2 Å². The second-order valence-electron chi connectivity index (χ2n) is 7.93. The molecular weight excluding hydrogens is 368 g/mol. The molecule has 0 bridgehead atoms. The number of nitrogens with zero attached hydrogens (tertiary/aromatic N) is 1. The molecule has 0 aliphatic heterocycles. The van der Waals surface area contributed by atoms with Crippen molar-refractivity contribution >= 4 is 0 Å². The zero-order valence-corrected chi connectivity index (χ0v) is 16.4. The molecule has 0 saturated heterocycles. The Hall–Kier alpha value is -2.67. The van der Waals surface area contributed by atoms with Gasteiger partial charge in [-0.2, -0.15) is 0 Å². The van der Waals surface area contributed by atoms with Crippen molar-refractivity contribution in [3.8, 4) is 22.8 Å². The van der Waals surface area contributed by atoms with Gasteiger partial charge in [-0.3, -0.25) is 0 Å². The van der Waals surface area contributed by atoms with Crippen molar-refractivity contribution < 1.29 is 25.1 Å². The first-order valence-electron chi connectivity index (χ1n) is 9.98. The lowest BCUT2D eigenvalue weighted by Gasteiger charge is -2.20. The van der Waals surface area contributed by atoms with Gasteiger partial charge < -0.3 is 25.1 Å². The van der Waals surface area contributed by atoms with Crippen molar-refractivity contribution in [2.75, 3.05) is 13.2 Å². The molecule has 3 aromatic rings. The Morgan fingerprint density at radius 1 is 1.00 bits per heavy atom. The van der Waals surface area contributed by atoms with Crippen LogP contribution in [0.2, 0.25) is 0 Å². The summed E-state index contributed by atoms with van der Waals surface area (Å²) in [5, 5.41) is 18.7. The van der Waals surface area contributed by atoms with Crippen LogP contribution in [-0.4, -0.2) is 33.9 Å². The number of hydrogen-bond acceptors (Lipinski definition) is 5. The Labute approximate surface area is 170 Å². The molecule has 29 heavy (non-hydrogen) atoms. The molecule has 6 heteroatoms. The Balaban J connectivity index is 1.35. The predicted molar refractivity (Wildman–Crippen MR) is 109 cm³/mol. The number of aliphatic hydroxyl groups excluding tert-OH is 2. The number of hydrogen-bond donors (Lipinski definition) is 3.